The summed E-state index contributed by atoms with van der Waals surface area (Å²) in [5.41, 5.74) is -0.216. The van der Waals surface area contributed by atoms with Crippen molar-refractivity contribution < 1.29 is 9.59 Å². The molecule has 6 nitrogen and oxygen atoms in total. The van der Waals surface area contributed by atoms with Gasteiger partial charge in [0.05, 0.1) is 5.39 Å². The summed E-state index contributed by atoms with van der Waals surface area (Å²) in [4.78, 5) is 41.8. The molecular formula is C13H13N3O3S. The number of nitrogens with one attached hydrogen (secondary N) is 1. The lowest BCUT2D eigenvalue weighted by Crippen LogP contribution is -2.45. The molecule has 2 aromatic heterocycles. The maximum absolute atomic E-state index is 12.6. The number of amides is 2. The van der Waals surface area contributed by atoms with Crippen LogP contribution in [0.2, 0.25) is 0 Å². The molecule has 3 heterocycles. The van der Waals surface area contributed by atoms with Crippen molar-refractivity contribution in [3.05, 3.63) is 27.1 Å². The van der Waals surface area contributed by atoms with Crippen LogP contribution in [0.3, 0.4) is 0 Å². The minimum atomic E-state index is -0.655. The predicted octanol–water partition coefficient (Wildman–Crippen LogP) is 1.05. The van der Waals surface area contributed by atoms with Gasteiger partial charge in [-0.1, -0.05) is 0 Å². The van der Waals surface area contributed by atoms with Gasteiger partial charge in [-0.2, -0.15) is 0 Å². The quantitative estimate of drug-likeness (QED) is 0.796. The zero-order chi connectivity index (χ0) is 14.4. The molecule has 0 spiro atoms. The number of aryl methyl sites for hydroxylation is 2. The fourth-order valence-electron chi connectivity index (χ4n) is 2.51. The molecule has 1 atom stereocenters. The van der Waals surface area contributed by atoms with Gasteiger partial charge in [0.1, 0.15) is 16.7 Å². The molecule has 0 bridgehead atoms. The molecule has 0 radical (unpaired) electrons. The third-order valence-electron chi connectivity index (χ3n) is 3.42. The summed E-state index contributed by atoms with van der Waals surface area (Å²) >= 11 is 1.46. The summed E-state index contributed by atoms with van der Waals surface area (Å²) in [5, 5.41) is 2.80. The summed E-state index contributed by atoms with van der Waals surface area (Å²) < 4.78 is 1.40. The first-order chi connectivity index (χ1) is 9.47. The van der Waals surface area contributed by atoms with E-state index in [0.717, 1.165) is 4.88 Å². The van der Waals surface area contributed by atoms with E-state index in [-0.39, 0.29) is 17.9 Å². The van der Waals surface area contributed by atoms with Gasteiger partial charge in [0, 0.05) is 11.3 Å². The van der Waals surface area contributed by atoms with Gasteiger partial charge in [0.15, 0.2) is 0 Å². The first kappa shape index (κ1) is 13.0. The van der Waals surface area contributed by atoms with Crippen LogP contribution in [0.1, 0.15) is 29.6 Å². The number of fused-ring (bicyclic) bond motifs is 1. The van der Waals surface area contributed by atoms with E-state index in [1.807, 2.05) is 6.92 Å². The Balaban J connectivity index is 2.18. The second-order valence-corrected chi connectivity index (χ2v) is 6.11. The van der Waals surface area contributed by atoms with Crippen molar-refractivity contribution in [2.75, 3.05) is 0 Å². The van der Waals surface area contributed by atoms with Gasteiger partial charge in [0.25, 0.3) is 5.56 Å². The van der Waals surface area contributed by atoms with E-state index in [0.29, 0.717) is 22.5 Å². The average molecular weight is 291 g/mol. The second kappa shape index (κ2) is 4.52. The standard InChI is InChI=1S/C13H13N3O3S/c1-6-5-8-12(20-6)14-7(2)16(13(8)19)9-3-4-10(17)15-11(9)18/h5,9H,3-4H2,1-2H3,(H,15,17,18). The molecule has 0 saturated carbocycles. The van der Waals surface area contributed by atoms with Crippen molar-refractivity contribution in [2.24, 2.45) is 0 Å². The summed E-state index contributed by atoms with van der Waals surface area (Å²) in [6.45, 7) is 3.62. The lowest BCUT2D eigenvalue weighted by Gasteiger charge is -2.24. The third-order valence-corrected chi connectivity index (χ3v) is 4.36. The lowest BCUT2D eigenvalue weighted by molar-refractivity contribution is -0.135. The number of hydrogen-bond acceptors (Lipinski definition) is 5. The van der Waals surface area contributed by atoms with Gasteiger partial charge in [-0.3, -0.25) is 24.3 Å². The molecule has 0 aliphatic carbocycles. The Hall–Kier alpha value is -2.02. The Bertz CT molecular complexity index is 790. The van der Waals surface area contributed by atoms with Crippen LogP contribution in [0.5, 0.6) is 0 Å². The van der Waals surface area contributed by atoms with Crippen LogP contribution in [-0.2, 0) is 9.59 Å². The predicted molar refractivity (Wildman–Crippen MR) is 74.8 cm³/mol. The zero-order valence-electron chi connectivity index (χ0n) is 11.1. The van der Waals surface area contributed by atoms with Gasteiger partial charge in [-0.15, -0.1) is 11.3 Å². The van der Waals surface area contributed by atoms with Gasteiger partial charge in [0.2, 0.25) is 11.8 Å². The smallest absolute Gasteiger partial charge is 0.263 e. The van der Waals surface area contributed by atoms with Crippen LogP contribution in [0.4, 0.5) is 0 Å². The van der Waals surface area contributed by atoms with Gasteiger partial charge in [-0.05, 0) is 26.3 Å². The van der Waals surface area contributed by atoms with Crippen LogP contribution in [0.25, 0.3) is 10.2 Å². The molecule has 0 aromatic carbocycles. The second-order valence-electron chi connectivity index (χ2n) is 4.88. The van der Waals surface area contributed by atoms with E-state index in [4.69, 9.17) is 0 Å². The number of carbonyl (C=O) groups is 2. The van der Waals surface area contributed by atoms with Crippen molar-refractivity contribution in [3.63, 3.8) is 0 Å². The normalized spacial score (nSPS) is 19.4. The van der Waals surface area contributed by atoms with Crippen molar-refractivity contribution in [1.82, 2.24) is 14.9 Å². The number of nitrogens with zero attached hydrogens (tertiary/aromatic N) is 2. The molecule has 2 aromatic rings. The molecule has 2 amide bonds. The van der Waals surface area contributed by atoms with Crippen LogP contribution < -0.4 is 10.9 Å². The Labute approximate surface area is 118 Å². The molecule has 1 unspecified atom stereocenters. The van der Waals surface area contributed by atoms with Crippen molar-refractivity contribution in [1.29, 1.82) is 0 Å². The number of rotatable bonds is 1. The first-order valence-electron chi connectivity index (χ1n) is 6.30. The molecule has 104 valence electrons. The first-order valence-corrected chi connectivity index (χ1v) is 7.12. The maximum Gasteiger partial charge on any atom is 0.263 e. The average Bonchev–Trinajstić information content (AvgIpc) is 2.72. The SMILES string of the molecule is Cc1cc2c(=O)n(C3CCC(=O)NC3=O)c(C)nc2s1. The molecule has 1 aliphatic rings. The highest BCUT2D eigenvalue weighted by atomic mass is 32.1. The summed E-state index contributed by atoms with van der Waals surface area (Å²) in [5.74, 6) is -0.226. The number of carbonyl (C=O) groups excluding carboxylic acids is 2. The molecular weight excluding hydrogens is 278 g/mol. The number of thiophene rings is 1. The Kier molecular flexibility index (Phi) is 2.93. The number of aromatic nitrogens is 2. The van der Waals surface area contributed by atoms with E-state index < -0.39 is 11.9 Å². The van der Waals surface area contributed by atoms with Crippen molar-refractivity contribution >= 4 is 33.4 Å². The third kappa shape index (κ3) is 1.94. The highest BCUT2D eigenvalue weighted by molar-refractivity contribution is 7.18. The van der Waals surface area contributed by atoms with E-state index in [2.05, 4.69) is 10.3 Å². The van der Waals surface area contributed by atoms with Crippen LogP contribution in [0.15, 0.2) is 10.9 Å². The van der Waals surface area contributed by atoms with Crippen LogP contribution in [-0.4, -0.2) is 21.4 Å². The molecule has 3 rings (SSSR count). The van der Waals surface area contributed by atoms with Crippen LogP contribution in [0, 0.1) is 13.8 Å². The highest BCUT2D eigenvalue weighted by Gasteiger charge is 2.30. The summed E-state index contributed by atoms with van der Waals surface area (Å²) in [7, 11) is 0. The van der Waals surface area contributed by atoms with E-state index in [9.17, 15) is 14.4 Å². The van der Waals surface area contributed by atoms with E-state index in [1.54, 1.807) is 13.0 Å². The molecule has 1 fully saturated rings. The van der Waals surface area contributed by atoms with E-state index >= 15 is 0 Å². The molecule has 1 aliphatic heterocycles. The Morgan fingerprint density at radius 1 is 1.35 bits per heavy atom. The monoisotopic (exact) mass is 291 g/mol. The Morgan fingerprint density at radius 3 is 2.80 bits per heavy atom. The molecule has 1 N–H and O–H groups in total. The largest absolute Gasteiger partial charge is 0.295 e. The fraction of sp³-hybridized carbons (Fsp3) is 0.385. The highest BCUT2D eigenvalue weighted by Crippen LogP contribution is 2.23. The zero-order valence-corrected chi connectivity index (χ0v) is 11.9. The fourth-order valence-corrected chi connectivity index (χ4v) is 3.43. The minimum absolute atomic E-state index is 0.216. The summed E-state index contributed by atoms with van der Waals surface area (Å²) in [6.07, 6.45) is 0.574. The van der Waals surface area contributed by atoms with Gasteiger partial charge < -0.3 is 0 Å². The van der Waals surface area contributed by atoms with Gasteiger partial charge >= 0.3 is 0 Å². The Morgan fingerprint density at radius 2 is 2.10 bits per heavy atom. The number of piperidine rings is 1. The minimum Gasteiger partial charge on any atom is -0.295 e. The number of imide groups is 1. The summed E-state index contributed by atoms with van der Waals surface area (Å²) in [6, 6.07) is 1.13. The topological polar surface area (TPSA) is 81.1 Å². The van der Waals surface area contributed by atoms with Crippen molar-refractivity contribution in [3.8, 4) is 0 Å². The maximum atomic E-state index is 12.6. The lowest BCUT2D eigenvalue weighted by atomic mass is 10.1. The molecule has 1 saturated heterocycles. The van der Waals surface area contributed by atoms with Crippen molar-refractivity contribution in [2.45, 2.75) is 32.7 Å². The number of hydrogen-bond donors (Lipinski definition) is 1. The van der Waals surface area contributed by atoms with Gasteiger partial charge in [-0.25, -0.2) is 4.98 Å². The molecule has 20 heavy (non-hydrogen) atoms. The van der Waals surface area contributed by atoms with Crippen LogP contribution >= 0.6 is 11.3 Å². The molecule has 7 heteroatoms. The van der Waals surface area contributed by atoms with E-state index in [1.165, 1.54) is 15.9 Å².